The number of para-hydroxylation sites is 1. The van der Waals surface area contributed by atoms with Gasteiger partial charge in [-0.05, 0) is 23.3 Å². The van der Waals surface area contributed by atoms with Gasteiger partial charge in [-0.1, -0.05) is 42.5 Å². The minimum atomic E-state index is 0.0867. The zero-order chi connectivity index (χ0) is 12.4. The van der Waals surface area contributed by atoms with Crippen molar-refractivity contribution in [1.82, 2.24) is 0 Å². The molecule has 0 spiro atoms. The highest BCUT2D eigenvalue weighted by molar-refractivity contribution is 5.33. The molecule has 2 aromatic rings. The zero-order valence-electron chi connectivity index (χ0n) is 10.3. The molecule has 2 heteroatoms. The first-order valence-corrected chi connectivity index (χ1v) is 6.38. The first-order chi connectivity index (χ1) is 8.83. The Labute approximate surface area is 107 Å². The highest BCUT2D eigenvalue weighted by Crippen LogP contribution is 2.30. The van der Waals surface area contributed by atoms with Crippen LogP contribution < -0.4 is 10.5 Å². The van der Waals surface area contributed by atoms with Gasteiger partial charge in [-0.15, -0.1) is 0 Å². The first kappa shape index (κ1) is 11.3. The van der Waals surface area contributed by atoms with E-state index < -0.39 is 0 Å². The van der Waals surface area contributed by atoms with Crippen LogP contribution in [0.15, 0.2) is 54.6 Å². The second kappa shape index (κ2) is 4.83. The summed E-state index contributed by atoms with van der Waals surface area (Å²) in [4.78, 5) is 0. The van der Waals surface area contributed by atoms with Crippen molar-refractivity contribution in [1.29, 1.82) is 0 Å². The summed E-state index contributed by atoms with van der Waals surface area (Å²) in [5.41, 5.74) is 8.80. The molecule has 3 rings (SSSR count). The van der Waals surface area contributed by atoms with Gasteiger partial charge >= 0.3 is 0 Å². The minimum Gasteiger partial charge on any atom is -0.490 e. The highest BCUT2D eigenvalue weighted by atomic mass is 16.5. The van der Waals surface area contributed by atoms with Gasteiger partial charge in [0, 0.05) is 18.9 Å². The summed E-state index contributed by atoms with van der Waals surface area (Å²) in [5.74, 6) is 0.925. The monoisotopic (exact) mass is 239 g/mol. The molecule has 2 nitrogen and oxygen atoms in total. The van der Waals surface area contributed by atoms with E-state index in [1.54, 1.807) is 0 Å². The summed E-state index contributed by atoms with van der Waals surface area (Å²) < 4.78 is 6.00. The number of hydrogen-bond acceptors (Lipinski definition) is 2. The summed E-state index contributed by atoms with van der Waals surface area (Å²) in [6.45, 7) is 0. The molecule has 0 saturated carbocycles. The van der Waals surface area contributed by atoms with Crippen molar-refractivity contribution >= 4 is 0 Å². The molecule has 0 saturated heterocycles. The quantitative estimate of drug-likeness (QED) is 0.874. The lowest BCUT2D eigenvalue weighted by molar-refractivity contribution is 0.173. The van der Waals surface area contributed by atoms with Crippen LogP contribution in [0.4, 0.5) is 0 Å². The average Bonchev–Trinajstić information content (AvgIpc) is 2.40. The van der Waals surface area contributed by atoms with Gasteiger partial charge in [0.25, 0.3) is 0 Å². The van der Waals surface area contributed by atoms with E-state index in [9.17, 15) is 0 Å². The maximum Gasteiger partial charge on any atom is 0.119 e. The van der Waals surface area contributed by atoms with E-state index >= 15 is 0 Å². The lowest BCUT2D eigenvalue weighted by Gasteiger charge is -2.29. The van der Waals surface area contributed by atoms with Crippen LogP contribution in [0.25, 0.3) is 0 Å². The summed E-state index contributed by atoms with van der Waals surface area (Å²) in [5, 5.41) is 0. The molecule has 1 aliphatic rings. The molecular weight excluding hydrogens is 222 g/mol. The molecule has 0 aromatic heterocycles. The topological polar surface area (TPSA) is 35.2 Å². The summed E-state index contributed by atoms with van der Waals surface area (Å²) in [6, 6.07) is 18.4. The molecule has 0 fully saturated rings. The number of fused-ring (bicyclic) bond motifs is 1. The van der Waals surface area contributed by atoms with Gasteiger partial charge in [0.2, 0.25) is 0 Å². The Morgan fingerprint density at radius 1 is 0.944 bits per heavy atom. The third kappa shape index (κ3) is 2.24. The number of nitrogens with two attached hydrogens (primary N) is 1. The largest absolute Gasteiger partial charge is 0.490 e. The summed E-state index contributed by atoms with van der Waals surface area (Å²) in [7, 11) is 0. The van der Waals surface area contributed by atoms with Gasteiger partial charge in [0.15, 0.2) is 0 Å². The fourth-order valence-electron chi connectivity index (χ4n) is 2.60. The van der Waals surface area contributed by atoms with Gasteiger partial charge in [-0.2, -0.15) is 0 Å². The van der Waals surface area contributed by atoms with Crippen LogP contribution in [0.5, 0.6) is 5.75 Å². The van der Waals surface area contributed by atoms with E-state index in [0.717, 1.165) is 18.6 Å². The summed E-state index contributed by atoms with van der Waals surface area (Å²) >= 11 is 0. The van der Waals surface area contributed by atoms with Crippen molar-refractivity contribution in [2.45, 2.75) is 25.0 Å². The predicted octanol–water partition coefficient (Wildman–Crippen LogP) is 3.08. The second-order valence-electron chi connectivity index (χ2n) is 4.80. The minimum absolute atomic E-state index is 0.0867. The van der Waals surface area contributed by atoms with Crippen molar-refractivity contribution in [3.8, 4) is 5.75 Å². The molecule has 2 unspecified atom stereocenters. The van der Waals surface area contributed by atoms with Crippen molar-refractivity contribution in [3.63, 3.8) is 0 Å². The third-order valence-electron chi connectivity index (χ3n) is 3.46. The zero-order valence-corrected chi connectivity index (χ0v) is 10.3. The fourth-order valence-corrected chi connectivity index (χ4v) is 2.60. The molecule has 2 N–H and O–H groups in total. The van der Waals surface area contributed by atoms with E-state index in [1.807, 2.05) is 30.3 Å². The average molecular weight is 239 g/mol. The molecule has 92 valence electrons. The molecule has 2 atom stereocenters. The van der Waals surface area contributed by atoms with Crippen LogP contribution in [0, 0.1) is 0 Å². The SMILES string of the molecule is NC1CC(Oc2ccccc2)Cc2ccccc21. The first-order valence-electron chi connectivity index (χ1n) is 6.38. The molecule has 18 heavy (non-hydrogen) atoms. The van der Waals surface area contributed by atoms with Crippen LogP contribution in [-0.2, 0) is 6.42 Å². The van der Waals surface area contributed by atoms with Gasteiger partial charge in [-0.25, -0.2) is 0 Å². The Morgan fingerprint density at radius 2 is 1.67 bits per heavy atom. The molecule has 1 aliphatic carbocycles. The lowest BCUT2D eigenvalue weighted by Crippen LogP contribution is -2.31. The number of ether oxygens (including phenoxy) is 1. The van der Waals surface area contributed by atoms with Crippen molar-refractivity contribution < 1.29 is 4.74 Å². The maximum atomic E-state index is 6.21. The standard InChI is InChI=1S/C16H17NO/c17-16-11-14(18-13-7-2-1-3-8-13)10-12-6-4-5-9-15(12)16/h1-9,14,16H,10-11,17H2. The van der Waals surface area contributed by atoms with Crippen molar-refractivity contribution in [3.05, 3.63) is 65.7 Å². The van der Waals surface area contributed by atoms with Crippen LogP contribution in [-0.4, -0.2) is 6.10 Å². The molecule has 0 radical (unpaired) electrons. The number of benzene rings is 2. The van der Waals surface area contributed by atoms with Crippen LogP contribution in [0.2, 0.25) is 0 Å². The Hall–Kier alpha value is -1.80. The lowest BCUT2D eigenvalue weighted by atomic mass is 9.86. The van der Waals surface area contributed by atoms with Crippen molar-refractivity contribution in [2.75, 3.05) is 0 Å². The van der Waals surface area contributed by atoms with Crippen LogP contribution in [0.1, 0.15) is 23.6 Å². The van der Waals surface area contributed by atoms with E-state index in [4.69, 9.17) is 10.5 Å². The van der Waals surface area contributed by atoms with E-state index in [-0.39, 0.29) is 12.1 Å². The van der Waals surface area contributed by atoms with Crippen molar-refractivity contribution in [2.24, 2.45) is 5.73 Å². The number of rotatable bonds is 2. The van der Waals surface area contributed by atoms with Gasteiger partial charge in [-0.3, -0.25) is 0 Å². The molecule has 0 heterocycles. The molecular formula is C16H17NO. The van der Waals surface area contributed by atoms with Crippen LogP contribution >= 0.6 is 0 Å². The molecule has 0 bridgehead atoms. The predicted molar refractivity (Wildman–Crippen MR) is 72.5 cm³/mol. The molecule has 0 aliphatic heterocycles. The van der Waals surface area contributed by atoms with Gasteiger partial charge in [0.1, 0.15) is 11.9 Å². The second-order valence-corrected chi connectivity index (χ2v) is 4.80. The normalized spacial score (nSPS) is 22.3. The number of hydrogen-bond donors (Lipinski definition) is 1. The van der Waals surface area contributed by atoms with E-state index in [0.29, 0.717) is 0 Å². The van der Waals surface area contributed by atoms with E-state index in [2.05, 4.69) is 24.3 Å². The Bertz CT molecular complexity index is 524. The summed E-state index contributed by atoms with van der Waals surface area (Å²) in [6.07, 6.45) is 2.00. The fraction of sp³-hybridized carbons (Fsp3) is 0.250. The molecule has 2 aromatic carbocycles. The van der Waals surface area contributed by atoms with Gasteiger partial charge in [0.05, 0.1) is 0 Å². The van der Waals surface area contributed by atoms with Crippen LogP contribution in [0.3, 0.4) is 0 Å². The molecule has 0 amide bonds. The van der Waals surface area contributed by atoms with E-state index in [1.165, 1.54) is 11.1 Å². The van der Waals surface area contributed by atoms with Gasteiger partial charge < -0.3 is 10.5 Å². The Balaban J connectivity index is 1.78. The Kier molecular flexibility index (Phi) is 3.03. The third-order valence-corrected chi connectivity index (χ3v) is 3.46. The highest BCUT2D eigenvalue weighted by Gasteiger charge is 2.25. The smallest absolute Gasteiger partial charge is 0.119 e. The maximum absolute atomic E-state index is 6.21. The Morgan fingerprint density at radius 3 is 2.50 bits per heavy atom.